The highest BCUT2D eigenvalue weighted by Crippen LogP contribution is 2.29. The number of nitrogens with one attached hydrogen (secondary N) is 1. The van der Waals surface area contributed by atoms with Crippen LogP contribution < -0.4 is 5.32 Å². The summed E-state index contributed by atoms with van der Waals surface area (Å²) in [6.45, 7) is 5.75. The molecular weight excluding hydrogens is 262 g/mol. The Morgan fingerprint density at radius 2 is 2.16 bits per heavy atom. The van der Waals surface area contributed by atoms with Crippen LogP contribution in [0.2, 0.25) is 0 Å². The maximum atomic E-state index is 10.9. The van der Waals surface area contributed by atoms with Crippen LogP contribution in [-0.2, 0) is 0 Å². The summed E-state index contributed by atoms with van der Waals surface area (Å²) < 4.78 is 0. The Kier molecular flexibility index (Phi) is 3.80. The molecule has 0 fully saturated rings. The van der Waals surface area contributed by atoms with Gasteiger partial charge in [-0.15, -0.1) is 11.3 Å². The smallest absolute Gasteiger partial charge is 0.274 e. The maximum absolute atomic E-state index is 10.9. The van der Waals surface area contributed by atoms with E-state index in [-0.39, 0.29) is 16.7 Å². The lowest BCUT2D eigenvalue weighted by Gasteiger charge is -2.14. The molecule has 1 aromatic carbocycles. The van der Waals surface area contributed by atoms with E-state index in [1.54, 1.807) is 24.3 Å². The fourth-order valence-electron chi connectivity index (χ4n) is 1.84. The number of rotatable bonds is 4. The normalized spacial score (nSPS) is 12.2. The summed E-state index contributed by atoms with van der Waals surface area (Å²) >= 11 is 1.62. The molecule has 0 aliphatic rings. The molecule has 2 rings (SSSR count). The van der Waals surface area contributed by atoms with Crippen LogP contribution in [0, 0.1) is 24.0 Å². The molecule has 0 saturated carbocycles. The largest absolute Gasteiger partial charge is 0.376 e. The fraction of sp³-hybridized carbons (Fsp3) is 0.308. The van der Waals surface area contributed by atoms with Crippen molar-refractivity contribution in [3.8, 4) is 0 Å². The van der Waals surface area contributed by atoms with E-state index in [2.05, 4.69) is 10.3 Å². The predicted molar refractivity (Wildman–Crippen MR) is 76.7 cm³/mol. The molecule has 1 aromatic heterocycles. The molecule has 2 aromatic rings. The van der Waals surface area contributed by atoms with Gasteiger partial charge in [-0.2, -0.15) is 0 Å². The summed E-state index contributed by atoms with van der Waals surface area (Å²) in [5.74, 6) is 0. The van der Waals surface area contributed by atoms with E-state index in [0.29, 0.717) is 5.56 Å². The van der Waals surface area contributed by atoms with E-state index in [1.807, 2.05) is 26.1 Å². The van der Waals surface area contributed by atoms with E-state index >= 15 is 0 Å². The van der Waals surface area contributed by atoms with Gasteiger partial charge in [-0.1, -0.05) is 6.07 Å². The van der Waals surface area contributed by atoms with Crippen LogP contribution in [-0.4, -0.2) is 9.91 Å². The van der Waals surface area contributed by atoms with Crippen molar-refractivity contribution in [1.82, 2.24) is 4.98 Å². The molecule has 0 aliphatic heterocycles. The van der Waals surface area contributed by atoms with Crippen molar-refractivity contribution in [3.05, 3.63) is 50.0 Å². The van der Waals surface area contributed by atoms with Crippen molar-refractivity contribution in [2.24, 2.45) is 0 Å². The van der Waals surface area contributed by atoms with Crippen LogP contribution in [0.15, 0.2) is 24.4 Å². The molecule has 0 bridgehead atoms. The number of hydrogen-bond acceptors (Lipinski definition) is 5. The van der Waals surface area contributed by atoms with Gasteiger partial charge < -0.3 is 5.32 Å². The number of hydrogen-bond donors (Lipinski definition) is 1. The van der Waals surface area contributed by atoms with Crippen molar-refractivity contribution in [2.75, 3.05) is 5.32 Å². The third-order valence-corrected chi connectivity index (χ3v) is 3.98. The first-order valence-electron chi connectivity index (χ1n) is 5.92. The number of aromatic nitrogens is 1. The molecule has 0 radical (unpaired) electrons. The SMILES string of the molecule is Cc1cnc(C(C)Nc2cccc([N+](=O)[O-])c2C)s1. The zero-order chi connectivity index (χ0) is 14.0. The molecule has 6 heteroatoms. The number of aryl methyl sites for hydroxylation is 1. The van der Waals surface area contributed by atoms with E-state index in [4.69, 9.17) is 0 Å². The van der Waals surface area contributed by atoms with Crippen molar-refractivity contribution >= 4 is 22.7 Å². The van der Waals surface area contributed by atoms with Gasteiger partial charge in [0.1, 0.15) is 5.01 Å². The zero-order valence-corrected chi connectivity index (χ0v) is 11.8. The Labute approximate surface area is 115 Å². The van der Waals surface area contributed by atoms with Crippen molar-refractivity contribution < 1.29 is 4.92 Å². The minimum absolute atomic E-state index is 0.0272. The number of thiazole rings is 1. The summed E-state index contributed by atoms with van der Waals surface area (Å²) in [4.78, 5) is 16.0. The number of nitro benzene ring substituents is 1. The van der Waals surface area contributed by atoms with Gasteiger partial charge >= 0.3 is 0 Å². The highest BCUT2D eigenvalue weighted by molar-refractivity contribution is 7.11. The number of nitrogens with zero attached hydrogens (tertiary/aromatic N) is 2. The van der Waals surface area contributed by atoms with Crippen LogP contribution in [0.5, 0.6) is 0 Å². The first-order chi connectivity index (χ1) is 8.99. The van der Waals surface area contributed by atoms with Crippen molar-refractivity contribution in [2.45, 2.75) is 26.8 Å². The van der Waals surface area contributed by atoms with Gasteiger partial charge in [-0.05, 0) is 26.8 Å². The summed E-state index contributed by atoms with van der Waals surface area (Å²) in [7, 11) is 0. The molecule has 1 N–H and O–H groups in total. The maximum Gasteiger partial charge on any atom is 0.274 e. The van der Waals surface area contributed by atoms with Gasteiger partial charge in [0.2, 0.25) is 0 Å². The molecule has 0 amide bonds. The minimum atomic E-state index is -0.362. The highest BCUT2D eigenvalue weighted by atomic mass is 32.1. The van der Waals surface area contributed by atoms with Crippen LogP contribution in [0.25, 0.3) is 0 Å². The average molecular weight is 277 g/mol. The first-order valence-corrected chi connectivity index (χ1v) is 6.73. The Bertz CT molecular complexity index is 610. The van der Waals surface area contributed by atoms with E-state index in [1.165, 1.54) is 6.07 Å². The molecule has 0 aliphatic carbocycles. The first kappa shape index (κ1) is 13.5. The predicted octanol–water partition coefficient (Wildman–Crippen LogP) is 3.84. The summed E-state index contributed by atoms with van der Waals surface area (Å²) in [6.07, 6.45) is 1.83. The molecular formula is C13H15N3O2S. The lowest BCUT2D eigenvalue weighted by molar-refractivity contribution is -0.385. The summed E-state index contributed by atoms with van der Waals surface area (Å²) in [5, 5.41) is 15.2. The number of nitro groups is 1. The fourth-order valence-corrected chi connectivity index (χ4v) is 2.62. The third-order valence-electron chi connectivity index (χ3n) is 2.88. The third kappa shape index (κ3) is 2.90. The van der Waals surface area contributed by atoms with Crippen LogP contribution >= 0.6 is 11.3 Å². The van der Waals surface area contributed by atoms with Gasteiger partial charge in [-0.3, -0.25) is 10.1 Å². The van der Waals surface area contributed by atoms with Gasteiger partial charge in [0.25, 0.3) is 5.69 Å². The van der Waals surface area contributed by atoms with Gasteiger partial charge in [-0.25, -0.2) is 4.98 Å². The van der Waals surface area contributed by atoms with Gasteiger partial charge in [0, 0.05) is 28.4 Å². The Balaban J connectivity index is 2.24. The lowest BCUT2D eigenvalue weighted by Crippen LogP contribution is -2.08. The Morgan fingerprint density at radius 1 is 1.42 bits per heavy atom. The van der Waals surface area contributed by atoms with E-state index < -0.39 is 0 Å². The second-order valence-electron chi connectivity index (χ2n) is 4.38. The van der Waals surface area contributed by atoms with Gasteiger partial charge in [0.05, 0.1) is 11.0 Å². The van der Waals surface area contributed by atoms with Crippen molar-refractivity contribution in [3.63, 3.8) is 0 Å². The second kappa shape index (κ2) is 5.36. The van der Waals surface area contributed by atoms with Crippen molar-refractivity contribution in [1.29, 1.82) is 0 Å². The molecule has 1 heterocycles. The molecule has 100 valence electrons. The summed E-state index contributed by atoms with van der Waals surface area (Å²) in [5.41, 5.74) is 1.55. The zero-order valence-electron chi connectivity index (χ0n) is 11.0. The topological polar surface area (TPSA) is 68.1 Å². The molecule has 1 atom stereocenters. The Morgan fingerprint density at radius 3 is 2.74 bits per heavy atom. The number of anilines is 1. The van der Waals surface area contributed by atoms with Crippen LogP contribution in [0.1, 0.15) is 28.4 Å². The van der Waals surface area contributed by atoms with E-state index in [9.17, 15) is 10.1 Å². The Hall–Kier alpha value is -1.95. The quantitative estimate of drug-likeness (QED) is 0.681. The molecule has 19 heavy (non-hydrogen) atoms. The standard InChI is InChI=1S/C13H15N3O2S/c1-8-7-14-13(19-8)10(3)15-11-5-4-6-12(9(11)2)16(17)18/h4-7,10,15H,1-3H3. The lowest BCUT2D eigenvalue weighted by atomic mass is 10.1. The average Bonchev–Trinajstić information content (AvgIpc) is 2.78. The van der Waals surface area contributed by atoms with Crippen LogP contribution in [0.3, 0.4) is 0 Å². The van der Waals surface area contributed by atoms with Crippen LogP contribution in [0.4, 0.5) is 11.4 Å². The molecule has 1 unspecified atom stereocenters. The molecule has 5 nitrogen and oxygen atoms in total. The number of benzene rings is 1. The summed E-state index contributed by atoms with van der Waals surface area (Å²) in [6, 6.07) is 5.07. The van der Waals surface area contributed by atoms with Gasteiger partial charge in [0.15, 0.2) is 0 Å². The molecule has 0 saturated heterocycles. The minimum Gasteiger partial charge on any atom is -0.376 e. The van der Waals surface area contributed by atoms with E-state index in [0.717, 1.165) is 15.6 Å². The highest BCUT2D eigenvalue weighted by Gasteiger charge is 2.16. The monoisotopic (exact) mass is 277 g/mol. The molecule has 0 spiro atoms. The second-order valence-corrected chi connectivity index (χ2v) is 5.65.